The maximum Gasteiger partial charge on any atom is 0.242 e. The predicted molar refractivity (Wildman–Crippen MR) is 79.7 cm³/mol. The Morgan fingerprint density at radius 3 is 2.30 bits per heavy atom. The van der Waals surface area contributed by atoms with Crippen LogP contribution in [0.25, 0.3) is 0 Å². The molecule has 0 saturated heterocycles. The largest absolute Gasteiger partial charge is 0.388 e. The molecule has 2 fully saturated rings. The molecule has 2 aliphatic rings. The Morgan fingerprint density at radius 1 is 1.30 bits per heavy atom. The van der Waals surface area contributed by atoms with Crippen LogP contribution < -0.4 is 10.5 Å². The first-order chi connectivity index (χ1) is 9.47. The van der Waals surface area contributed by atoms with Gasteiger partial charge in [-0.1, -0.05) is 12.2 Å². The maximum absolute atomic E-state index is 12.4. The molecule has 5 nitrogen and oxygen atoms in total. The monoisotopic (exact) mass is 311 g/mol. The van der Waals surface area contributed by atoms with Crippen molar-refractivity contribution >= 4 is 27.2 Å². The van der Waals surface area contributed by atoms with Crippen molar-refractivity contribution in [3.8, 4) is 0 Å². The molecule has 0 aliphatic heterocycles. The highest BCUT2D eigenvalue weighted by Gasteiger charge is 2.43. The van der Waals surface area contributed by atoms with Crippen molar-refractivity contribution in [2.75, 3.05) is 0 Å². The van der Waals surface area contributed by atoms with Crippen LogP contribution in [0.4, 0.5) is 0 Å². The lowest BCUT2D eigenvalue weighted by Crippen LogP contribution is -2.38. The zero-order valence-electron chi connectivity index (χ0n) is 11.0. The van der Waals surface area contributed by atoms with Crippen molar-refractivity contribution in [1.29, 1.82) is 0 Å². The molecule has 2 aliphatic carbocycles. The quantitative estimate of drug-likeness (QED) is 0.771. The maximum atomic E-state index is 12.4. The van der Waals surface area contributed by atoms with Gasteiger partial charge in [0, 0.05) is 12.2 Å². The summed E-state index contributed by atoms with van der Waals surface area (Å²) in [5.41, 5.74) is 5.88. The van der Waals surface area contributed by atoms with E-state index in [1.54, 1.807) is 6.07 Å². The van der Waals surface area contributed by atoms with E-state index in [-0.39, 0.29) is 15.9 Å². The number of nitrogens with zero attached hydrogens (tertiary/aromatic N) is 1. The Balaban J connectivity index is 1.78. The second kappa shape index (κ2) is 5.05. The summed E-state index contributed by atoms with van der Waals surface area (Å²) in [5.74, 6) is 1.03. The van der Waals surface area contributed by atoms with E-state index in [1.807, 2.05) is 0 Å². The number of rotatable bonds is 6. The van der Waals surface area contributed by atoms with Gasteiger partial charge in [-0.3, -0.25) is 4.98 Å². The molecule has 3 N–H and O–H groups in total. The van der Waals surface area contributed by atoms with Crippen LogP contribution in [0.1, 0.15) is 31.4 Å². The first-order valence-corrected chi connectivity index (χ1v) is 8.65. The molecule has 0 unspecified atom stereocenters. The Morgan fingerprint density at radius 2 is 1.90 bits per heavy atom. The number of pyridine rings is 1. The van der Waals surface area contributed by atoms with E-state index < -0.39 is 10.0 Å². The lowest BCUT2D eigenvalue weighted by atomic mass is 10.1. The zero-order valence-corrected chi connectivity index (χ0v) is 12.6. The van der Waals surface area contributed by atoms with Gasteiger partial charge in [0.2, 0.25) is 10.0 Å². The lowest BCUT2D eigenvalue weighted by molar-refractivity contribution is 0.471. The summed E-state index contributed by atoms with van der Waals surface area (Å²) in [6, 6.07) is 3.14. The van der Waals surface area contributed by atoms with Gasteiger partial charge in [-0.25, -0.2) is 13.1 Å². The van der Waals surface area contributed by atoms with E-state index >= 15 is 0 Å². The Bertz CT molecular complexity index is 608. The van der Waals surface area contributed by atoms with Crippen LogP contribution >= 0.6 is 12.2 Å². The molecule has 3 rings (SSSR count). The van der Waals surface area contributed by atoms with Gasteiger partial charge in [-0.15, -0.1) is 0 Å². The molecule has 20 heavy (non-hydrogen) atoms. The van der Waals surface area contributed by atoms with E-state index in [1.165, 1.54) is 12.3 Å². The van der Waals surface area contributed by atoms with Crippen molar-refractivity contribution in [2.24, 2.45) is 17.6 Å². The van der Waals surface area contributed by atoms with Crippen LogP contribution in [0, 0.1) is 11.8 Å². The molecule has 1 aromatic heterocycles. The van der Waals surface area contributed by atoms with Crippen molar-refractivity contribution in [3.05, 3.63) is 24.0 Å². The first kappa shape index (κ1) is 13.9. The zero-order chi connectivity index (χ0) is 14.3. The highest BCUT2D eigenvalue weighted by molar-refractivity contribution is 7.89. The van der Waals surface area contributed by atoms with Crippen LogP contribution in [0.15, 0.2) is 23.2 Å². The summed E-state index contributed by atoms with van der Waals surface area (Å²) in [6.07, 6.45) is 5.82. The smallest absolute Gasteiger partial charge is 0.242 e. The molecular formula is C13H17N3O2S2. The topological polar surface area (TPSA) is 85.1 Å². The first-order valence-electron chi connectivity index (χ1n) is 6.75. The summed E-state index contributed by atoms with van der Waals surface area (Å²) >= 11 is 4.80. The minimum absolute atomic E-state index is 0.0928. The summed E-state index contributed by atoms with van der Waals surface area (Å²) in [7, 11) is -3.51. The van der Waals surface area contributed by atoms with Crippen LogP contribution in [0.5, 0.6) is 0 Å². The van der Waals surface area contributed by atoms with Gasteiger partial charge in [0.15, 0.2) is 0 Å². The van der Waals surface area contributed by atoms with E-state index in [2.05, 4.69) is 9.71 Å². The molecule has 7 heteroatoms. The molecule has 2 saturated carbocycles. The SMILES string of the molecule is NC(=S)c1ccc(S(=O)(=O)NC(C2CC2)C2CC2)cn1. The number of thiocarbonyl (C=S) groups is 1. The Hall–Kier alpha value is -1.05. The number of nitrogens with one attached hydrogen (secondary N) is 1. The second-order valence-corrected chi connectivity index (χ2v) is 7.72. The minimum Gasteiger partial charge on any atom is -0.388 e. The molecular weight excluding hydrogens is 294 g/mol. The number of hydrogen-bond donors (Lipinski definition) is 2. The molecule has 0 atom stereocenters. The van der Waals surface area contributed by atoms with E-state index in [9.17, 15) is 8.42 Å². The van der Waals surface area contributed by atoms with Gasteiger partial charge in [0.05, 0.1) is 5.69 Å². The number of nitrogens with two attached hydrogens (primary N) is 1. The number of hydrogen-bond acceptors (Lipinski definition) is 4. The van der Waals surface area contributed by atoms with Crippen molar-refractivity contribution in [3.63, 3.8) is 0 Å². The molecule has 0 spiro atoms. The van der Waals surface area contributed by atoms with Crippen molar-refractivity contribution in [2.45, 2.75) is 36.6 Å². The summed E-state index contributed by atoms with van der Waals surface area (Å²) in [5, 5.41) is 0. The molecule has 1 aromatic rings. The molecule has 108 valence electrons. The number of aromatic nitrogens is 1. The molecule has 1 heterocycles. The van der Waals surface area contributed by atoms with Crippen molar-refractivity contribution < 1.29 is 8.42 Å². The van der Waals surface area contributed by atoms with E-state index in [4.69, 9.17) is 18.0 Å². The lowest BCUT2D eigenvalue weighted by Gasteiger charge is -2.17. The highest BCUT2D eigenvalue weighted by atomic mass is 32.2. The van der Waals surface area contributed by atoms with Crippen LogP contribution in [-0.2, 0) is 10.0 Å². The van der Waals surface area contributed by atoms with Crippen LogP contribution in [0.2, 0.25) is 0 Å². The average molecular weight is 311 g/mol. The van der Waals surface area contributed by atoms with Gasteiger partial charge in [-0.05, 0) is 49.7 Å². The fourth-order valence-corrected chi connectivity index (χ4v) is 3.86. The van der Waals surface area contributed by atoms with Gasteiger partial charge < -0.3 is 5.73 Å². The molecule has 0 amide bonds. The Labute approximate surface area is 124 Å². The Kier molecular flexibility index (Phi) is 3.51. The third-order valence-electron chi connectivity index (χ3n) is 3.85. The standard InChI is InChI=1S/C13H17N3O2S2/c14-13(19)11-6-5-10(7-15-11)20(17,18)16-12(8-1-2-8)9-3-4-9/h5-9,12,16H,1-4H2,(H2,14,19). The van der Waals surface area contributed by atoms with Gasteiger partial charge in [-0.2, -0.15) is 0 Å². The normalized spacial score (nSPS) is 19.2. The van der Waals surface area contributed by atoms with Gasteiger partial charge in [0.25, 0.3) is 0 Å². The molecule has 0 aromatic carbocycles. The highest BCUT2D eigenvalue weighted by Crippen LogP contribution is 2.45. The van der Waals surface area contributed by atoms with E-state index in [0.717, 1.165) is 25.7 Å². The second-order valence-electron chi connectivity index (χ2n) is 5.57. The molecule has 0 bridgehead atoms. The number of sulfonamides is 1. The summed E-state index contributed by atoms with van der Waals surface area (Å²) < 4.78 is 27.6. The minimum atomic E-state index is -3.51. The van der Waals surface area contributed by atoms with Crippen LogP contribution in [-0.4, -0.2) is 24.4 Å². The fourth-order valence-electron chi connectivity index (χ4n) is 2.42. The average Bonchev–Trinajstić information content (AvgIpc) is 3.29. The summed E-state index contributed by atoms with van der Waals surface area (Å²) in [4.78, 5) is 4.32. The molecule has 0 radical (unpaired) electrons. The van der Waals surface area contributed by atoms with Gasteiger partial charge in [0.1, 0.15) is 9.88 Å². The predicted octanol–water partition coefficient (Wildman–Crippen LogP) is 1.18. The van der Waals surface area contributed by atoms with Crippen LogP contribution in [0.3, 0.4) is 0 Å². The van der Waals surface area contributed by atoms with Crippen molar-refractivity contribution in [1.82, 2.24) is 9.71 Å². The third-order valence-corrected chi connectivity index (χ3v) is 5.50. The third kappa shape index (κ3) is 2.99. The van der Waals surface area contributed by atoms with Gasteiger partial charge >= 0.3 is 0 Å². The van der Waals surface area contributed by atoms with E-state index in [0.29, 0.717) is 17.5 Å². The summed E-state index contributed by atoms with van der Waals surface area (Å²) in [6.45, 7) is 0. The fraction of sp³-hybridized carbons (Fsp3) is 0.538.